The molecule has 1 aromatic heterocycles. The Kier molecular flexibility index (Phi) is 5.86. The van der Waals surface area contributed by atoms with Crippen molar-refractivity contribution in [2.75, 3.05) is 0 Å². The molecule has 17 heavy (non-hydrogen) atoms. The van der Waals surface area contributed by atoms with Gasteiger partial charge in [-0.05, 0) is 23.8 Å². The molecule has 0 saturated carbocycles. The van der Waals surface area contributed by atoms with E-state index in [1.807, 2.05) is 24.3 Å². The SMILES string of the molecule is Cl.Clc1cccc(CNCc2ccco2)c1Cl. The molecule has 5 heteroatoms. The summed E-state index contributed by atoms with van der Waals surface area (Å²) >= 11 is 12.0. The highest BCUT2D eigenvalue weighted by Crippen LogP contribution is 2.25. The van der Waals surface area contributed by atoms with Crippen LogP contribution < -0.4 is 5.32 Å². The van der Waals surface area contributed by atoms with Crippen molar-refractivity contribution >= 4 is 35.6 Å². The molecule has 2 rings (SSSR count). The van der Waals surface area contributed by atoms with Crippen molar-refractivity contribution in [2.24, 2.45) is 0 Å². The van der Waals surface area contributed by atoms with Gasteiger partial charge < -0.3 is 9.73 Å². The topological polar surface area (TPSA) is 25.2 Å². The predicted molar refractivity (Wildman–Crippen MR) is 73.0 cm³/mol. The molecular weight excluding hydrogens is 280 g/mol. The van der Waals surface area contributed by atoms with Gasteiger partial charge >= 0.3 is 0 Å². The first-order valence-corrected chi connectivity index (χ1v) is 5.69. The second-order valence-electron chi connectivity index (χ2n) is 3.40. The molecule has 0 aliphatic carbocycles. The molecule has 0 aliphatic heterocycles. The first kappa shape index (κ1) is 14.4. The largest absolute Gasteiger partial charge is 0.468 e. The van der Waals surface area contributed by atoms with Crippen LogP contribution in [0.25, 0.3) is 0 Å². The van der Waals surface area contributed by atoms with Gasteiger partial charge in [0.05, 0.1) is 22.9 Å². The molecule has 1 aromatic carbocycles. The third kappa shape index (κ3) is 3.93. The number of benzene rings is 1. The van der Waals surface area contributed by atoms with Gasteiger partial charge in [-0.15, -0.1) is 12.4 Å². The van der Waals surface area contributed by atoms with Crippen LogP contribution in [-0.4, -0.2) is 0 Å². The maximum Gasteiger partial charge on any atom is 0.117 e. The second-order valence-corrected chi connectivity index (χ2v) is 4.18. The lowest BCUT2D eigenvalue weighted by molar-refractivity contribution is 0.483. The zero-order valence-electron chi connectivity index (χ0n) is 8.95. The molecule has 2 aromatic rings. The fraction of sp³-hybridized carbons (Fsp3) is 0.167. The third-order valence-corrected chi connectivity index (χ3v) is 3.08. The number of hydrogen-bond donors (Lipinski definition) is 1. The minimum Gasteiger partial charge on any atom is -0.468 e. The molecule has 0 spiro atoms. The fourth-order valence-electron chi connectivity index (χ4n) is 1.42. The van der Waals surface area contributed by atoms with E-state index >= 15 is 0 Å². The molecule has 0 radical (unpaired) electrons. The summed E-state index contributed by atoms with van der Waals surface area (Å²) in [7, 11) is 0. The lowest BCUT2D eigenvalue weighted by atomic mass is 10.2. The number of rotatable bonds is 4. The normalized spacial score (nSPS) is 10.0. The maximum absolute atomic E-state index is 6.06. The Hall–Kier alpha value is -0.670. The van der Waals surface area contributed by atoms with Crippen LogP contribution in [0.4, 0.5) is 0 Å². The first-order valence-electron chi connectivity index (χ1n) is 4.93. The van der Waals surface area contributed by atoms with Gasteiger partial charge in [-0.25, -0.2) is 0 Å². The van der Waals surface area contributed by atoms with E-state index in [0.717, 1.165) is 11.3 Å². The minimum absolute atomic E-state index is 0. The molecule has 2 nitrogen and oxygen atoms in total. The Bertz CT molecular complexity index is 457. The zero-order chi connectivity index (χ0) is 11.4. The Labute approximate surface area is 116 Å². The van der Waals surface area contributed by atoms with Crippen molar-refractivity contribution < 1.29 is 4.42 Å². The summed E-state index contributed by atoms with van der Waals surface area (Å²) in [6.45, 7) is 1.34. The van der Waals surface area contributed by atoms with Crippen LogP contribution in [0.3, 0.4) is 0 Å². The molecule has 0 unspecified atom stereocenters. The number of hydrogen-bond acceptors (Lipinski definition) is 2. The average Bonchev–Trinajstić information content (AvgIpc) is 2.77. The summed E-state index contributed by atoms with van der Waals surface area (Å²) in [6.07, 6.45) is 1.66. The highest BCUT2D eigenvalue weighted by molar-refractivity contribution is 6.42. The lowest BCUT2D eigenvalue weighted by Crippen LogP contribution is -2.12. The van der Waals surface area contributed by atoms with Gasteiger partial charge in [0.1, 0.15) is 5.76 Å². The van der Waals surface area contributed by atoms with Gasteiger partial charge in [0.15, 0.2) is 0 Å². The van der Waals surface area contributed by atoms with Crippen LogP contribution >= 0.6 is 35.6 Å². The van der Waals surface area contributed by atoms with E-state index in [-0.39, 0.29) is 12.4 Å². The van der Waals surface area contributed by atoms with Crippen LogP contribution in [-0.2, 0) is 13.1 Å². The molecule has 0 fully saturated rings. The Morgan fingerprint density at radius 2 is 1.88 bits per heavy atom. The molecular formula is C12H12Cl3NO. The molecule has 0 bridgehead atoms. The van der Waals surface area contributed by atoms with Gasteiger partial charge in [-0.3, -0.25) is 0 Å². The molecule has 1 N–H and O–H groups in total. The van der Waals surface area contributed by atoms with Gasteiger partial charge in [0.25, 0.3) is 0 Å². The van der Waals surface area contributed by atoms with Gasteiger partial charge in [-0.1, -0.05) is 35.3 Å². The van der Waals surface area contributed by atoms with E-state index in [0.29, 0.717) is 23.1 Å². The summed E-state index contributed by atoms with van der Waals surface area (Å²) in [5.41, 5.74) is 0.987. The molecule has 92 valence electrons. The van der Waals surface area contributed by atoms with Crippen LogP contribution in [0, 0.1) is 0 Å². The molecule has 0 amide bonds. The van der Waals surface area contributed by atoms with Crippen molar-refractivity contribution in [2.45, 2.75) is 13.1 Å². The van der Waals surface area contributed by atoms with E-state index in [9.17, 15) is 0 Å². The lowest BCUT2D eigenvalue weighted by Gasteiger charge is -2.06. The van der Waals surface area contributed by atoms with Crippen molar-refractivity contribution in [1.82, 2.24) is 5.32 Å². The van der Waals surface area contributed by atoms with E-state index in [2.05, 4.69) is 5.32 Å². The Morgan fingerprint density at radius 3 is 2.59 bits per heavy atom. The third-order valence-electron chi connectivity index (χ3n) is 2.23. The maximum atomic E-state index is 6.06. The fourth-order valence-corrected chi connectivity index (χ4v) is 1.81. The highest BCUT2D eigenvalue weighted by atomic mass is 35.5. The summed E-state index contributed by atoms with van der Waals surface area (Å²) in [5.74, 6) is 0.901. The number of nitrogens with one attached hydrogen (secondary N) is 1. The van der Waals surface area contributed by atoms with Gasteiger partial charge in [0, 0.05) is 6.54 Å². The van der Waals surface area contributed by atoms with E-state index in [1.54, 1.807) is 12.3 Å². The van der Waals surface area contributed by atoms with Crippen molar-refractivity contribution in [3.63, 3.8) is 0 Å². The second kappa shape index (κ2) is 6.92. The predicted octanol–water partition coefficient (Wildman–Crippen LogP) is 4.30. The minimum atomic E-state index is 0. The van der Waals surface area contributed by atoms with E-state index in [1.165, 1.54) is 0 Å². The molecule has 1 heterocycles. The van der Waals surface area contributed by atoms with Crippen molar-refractivity contribution in [1.29, 1.82) is 0 Å². The van der Waals surface area contributed by atoms with E-state index in [4.69, 9.17) is 27.6 Å². The van der Waals surface area contributed by atoms with Gasteiger partial charge in [-0.2, -0.15) is 0 Å². The van der Waals surface area contributed by atoms with Crippen molar-refractivity contribution in [3.05, 3.63) is 58.0 Å². The molecule has 0 atom stereocenters. The summed E-state index contributed by atoms with van der Waals surface area (Å²) in [4.78, 5) is 0. The molecule has 0 aliphatic rings. The van der Waals surface area contributed by atoms with Crippen LogP contribution in [0.5, 0.6) is 0 Å². The smallest absolute Gasteiger partial charge is 0.117 e. The zero-order valence-corrected chi connectivity index (χ0v) is 11.3. The molecule has 0 saturated heterocycles. The summed E-state index contributed by atoms with van der Waals surface area (Å²) < 4.78 is 5.20. The Morgan fingerprint density at radius 1 is 1.06 bits per heavy atom. The number of halogens is 3. The Balaban J connectivity index is 0.00000144. The number of furan rings is 1. The van der Waals surface area contributed by atoms with Crippen LogP contribution in [0.1, 0.15) is 11.3 Å². The van der Waals surface area contributed by atoms with Gasteiger partial charge in [0.2, 0.25) is 0 Å². The quantitative estimate of drug-likeness (QED) is 0.909. The van der Waals surface area contributed by atoms with E-state index < -0.39 is 0 Å². The summed E-state index contributed by atoms with van der Waals surface area (Å²) in [6, 6.07) is 9.40. The monoisotopic (exact) mass is 291 g/mol. The van der Waals surface area contributed by atoms with Crippen LogP contribution in [0.2, 0.25) is 10.0 Å². The first-order chi connectivity index (χ1) is 7.77. The average molecular weight is 293 g/mol. The van der Waals surface area contributed by atoms with Crippen LogP contribution in [0.15, 0.2) is 41.0 Å². The van der Waals surface area contributed by atoms with Crippen molar-refractivity contribution in [3.8, 4) is 0 Å². The summed E-state index contributed by atoms with van der Waals surface area (Å²) in [5, 5.41) is 4.43. The standard InChI is InChI=1S/C12H11Cl2NO.ClH/c13-11-5-1-3-9(12(11)14)7-15-8-10-4-2-6-16-10;/h1-6,15H,7-8H2;1H. The highest BCUT2D eigenvalue weighted by Gasteiger charge is 2.03.